The zero-order valence-electron chi connectivity index (χ0n) is 16.7. The maximum atomic E-state index is 6.54. The molecule has 0 aliphatic rings. The van der Waals surface area contributed by atoms with Gasteiger partial charge in [-0.2, -0.15) is 6.92 Å². The lowest BCUT2D eigenvalue weighted by atomic mass is 10.4. The molecule has 33 heavy (non-hydrogen) atoms. The van der Waals surface area contributed by atoms with Crippen LogP contribution in [0, 0.1) is 197 Å². The minimum atomic E-state index is 1.87. The first-order valence-electron chi connectivity index (χ1n) is 8.10. The first-order chi connectivity index (χ1) is 16.4. The second kappa shape index (κ2) is 24.8. The Morgan fingerprint density at radius 3 is 0.545 bits per heavy atom. The van der Waals surface area contributed by atoms with Gasteiger partial charge in [-0.25, -0.2) is 11.8 Å². The zero-order valence-corrected chi connectivity index (χ0v) is 16.7. The summed E-state index contributed by atoms with van der Waals surface area (Å²) in [7, 11) is 0. The zero-order chi connectivity index (χ0) is 23.9. The Kier molecular flexibility index (Phi) is 19.4. The molecule has 0 rings (SSSR count). The second-order valence-electron chi connectivity index (χ2n) is 3.93. The normalized spacial score (nSPS) is 3.85. The monoisotopic (exact) mass is 398 g/mol. The molecule has 0 aromatic carbocycles. The van der Waals surface area contributed by atoms with Crippen molar-refractivity contribution in [2.45, 2.75) is 0 Å². The van der Waals surface area contributed by atoms with E-state index in [1.807, 2.05) is 5.92 Å². The highest BCUT2D eigenvalue weighted by Gasteiger charge is 1.59. The highest BCUT2D eigenvalue weighted by atomic mass is 13.6. The van der Waals surface area contributed by atoms with E-state index in [0.717, 1.165) is 0 Å². The minimum absolute atomic E-state index is 1.87. The summed E-state index contributed by atoms with van der Waals surface area (Å²) < 4.78 is 0. The molecule has 0 aromatic heterocycles. The van der Waals surface area contributed by atoms with Crippen molar-refractivity contribution >= 4 is 0 Å². The summed E-state index contributed by atoms with van der Waals surface area (Å²) >= 11 is 0. The van der Waals surface area contributed by atoms with Gasteiger partial charge in [0, 0.05) is 53.3 Å². The Labute approximate surface area is 196 Å². The average Bonchev–Trinajstić information content (AvgIpc) is 2.83. The molecule has 0 atom stereocenters. The molecule has 0 radical (unpaired) electrons. The summed E-state index contributed by atoms with van der Waals surface area (Å²) in [6.45, 7) is 3.31. The molecular weight excluding hydrogens is 396 g/mol. The van der Waals surface area contributed by atoms with Crippen molar-refractivity contribution < 1.29 is 0 Å². The van der Waals surface area contributed by atoms with Crippen LogP contribution in [0.2, 0.25) is 0 Å². The molecule has 0 saturated carbocycles. The number of hydrogen-bond donors (Lipinski definition) is 0. The van der Waals surface area contributed by atoms with Crippen LogP contribution in [0.5, 0.6) is 0 Å². The first-order valence-corrected chi connectivity index (χ1v) is 8.10. The lowest BCUT2D eigenvalue weighted by molar-refractivity contribution is 2.31. The van der Waals surface area contributed by atoms with Crippen LogP contribution in [0.25, 0.3) is 0 Å². The standard InChI is InChI=1S/C33H2/c1-3-5-7-9-11-13-15-17-19-21-23-25-27-29-31-33-32-30-28-26-24-22-20-18-16-14-12-10-8-6-4-2/h1H2/q-2. The van der Waals surface area contributed by atoms with Crippen LogP contribution in [-0.4, -0.2) is 0 Å². The molecule has 0 aliphatic carbocycles. The number of hydrogen-bond acceptors (Lipinski definition) is 0. The molecule has 0 heterocycles. The second-order valence-corrected chi connectivity index (χ2v) is 3.93. The maximum Gasteiger partial charge on any atom is 0 e. The van der Waals surface area contributed by atoms with Gasteiger partial charge in [-0.3, -0.25) is 11.8 Å². The van der Waals surface area contributed by atoms with Crippen LogP contribution in [0.3, 0.4) is 0 Å². The van der Waals surface area contributed by atoms with Crippen LogP contribution in [0.1, 0.15) is 0 Å². The largest absolute Gasteiger partial charge is 0.358 e. The van der Waals surface area contributed by atoms with Gasteiger partial charge in [0.05, 0.1) is 0 Å². The first kappa shape index (κ1) is 25.8. The average molecular weight is 398 g/mol. The van der Waals surface area contributed by atoms with E-state index >= 15 is 0 Å². The molecule has 0 spiro atoms. The molecule has 0 unspecified atom stereocenters. The van der Waals surface area contributed by atoms with E-state index in [9.17, 15) is 0 Å². The predicted molar refractivity (Wildman–Crippen MR) is 129 cm³/mol. The molecule has 0 N–H and O–H groups in total. The smallest absolute Gasteiger partial charge is 0 e. The molecular formula is C33H2-2. The van der Waals surface area contributed by atoms with Gasteiger partial charge >= 0.3 is 0 Å². The Morgan fingerprint density at radius 2 is 0.394 bits per heavy atom. The highest BCUT2D eigenvalue weighted by Crippen LogP contribution is 1.60. The lowest BCUT2D eigenvalue weighted by Gasteiger charge is -1.64. The van der Waals surface area contributed by atoms with Gasteiger partial charge < -0.3 is 6.42 Å². The number of rotatable bonds is 0. The van der Waals surface area contributed by atoms with E-state index in [1.165, 1.54) is 0 Å². The fourth-order valence-electron chi connectivity index (χ4n) is 0.919. The van der Waals surface area contributed by atoms with Crippen molar-refractivity contribution in [3.05, 3.63) is 13.3 Å². The summed E-state index contributed by atoms with van der Waals surface area (Å²) in [6.07, 6.45) is 6.54. The quantitative estimate of drug-likeness (QED) is 0.411. The van der Waals surface area contributed by atoms with Crippen molar-refractivity contribution in [3.8, 4) is 184 Å². The third-order valence-electron chi connectivity index (χ3n) is 1.90. The minimum Gasteiger partial charge on any atom is -0.358 e. The van der Waals surface area contributed by atoms with Crippen molar-refractivity contribution in [2.75, 3.05) is 0 Å². The molecule has 0 saturated heterocycles. The van der Waals surface area contributed by atoms with Gasteiger partial charge in [0.15, 0.2) is 0 Å². The third kappa shape index (κ3) is 24.8. The Bertz CT molecular complexity index is 1790. The van der Waals surface area contributed by atoms with Crippen LogP contribution in [-0.2, 0) is 0 Å². The van der Waals surface area contributed by atoms with E-state index in [4.69, 9.17) is 6.42 Å². The van der Waals surface area contributed by atoms with Crippen LogP contribution in [0.4, 0.5) is 0 Å². The SMILES string of the molecule is [C-]#CC#CC#CC#CC#CC#CC#CC#CC#CC#CC#CC#CC#CC#CC#CC#C[CH2-]. The Balaban J connectivity index is 4.48. The van der Waals surface area contributed by atoms with Gasteiger partial charge in [-0.1, -0.05) is 0 Å². The summed E-state index contributed by atoms with van der Waals surface area (Å²) in [4.78, 5) is 0. The fourth-order valence-corrected chi connectivity index (χ4v) is 0.919. The van der Waals surface area contributed by atoms with Crippen molar-refractivity contribution in [2.24, 2.45) is 0 Å². The van der Waals surface area contributed by atoms with Gasteiger partial charge in [-0.05, 0) is 94.7 Å². The van der Waals surface area contributed by atoms with Crippen molar-refractivity contribution in [1.29, 1.82) is 0 Å². The van der Waals surface area contributed by atoms with Gasteiger partial charge in [-0.15, -0.1) is 11.8 Å². The molecule has 0 nitrogen and oxygen atoms in total. The molecule has 0 aromatic rings. The van der Waals surface area contributed by atoms with Gasteiger partial charge in [0.25, 0.3) is 0 Å². The topological polar surface area (TPSA) is 0 Å². The maximum absolute atomic E-state index is 6.54. The summed E-state index contributed by atoms with van der Waals surface area (Å²) in [5.74, 6) is 75.7. The molecule has 0 bridgehead atoms. The van der Waals surface area contributed by atoms with E-state index < -0.39 is 0 Å². The van der Waals surface area contributed by atoms with Crippen molar-refractivity contribution in [3.63, 3.8) is 0 Å². The third-order valence-corrected chi connectivity index (χ3v) is 1.90. The Hall–Kier alpha value is -7.17. The molecule has 0 aliphatic heterocycles. The summed E-state index contributed by atoms with van der Waals surface area (Å²) in [5, 5.41) is 0. The van der Waals surface area contributed by atoms with Gasteiger partial charge in [0.2, 0.25) is 0 Å². The molecule has 0 amide bonds. The predicted octanol–water partition coefficient (Wildman–Crippen LogP) is 0.461. The summed E-state index contributed by atoms with van der Waals surface area (Å²) in [6, 6.07) is 0. The van der Waals surface area contributed by atoms with Gasteiger partial charge in [0.1, 0.15) is 0 Å². The van der Waals surface area contributed by atoms with Crippen LogP contribution in [0.15, 0.2) is 0 Å². The lowest BCUT2D eigenvalue weighted by Crippen LogP contribution is -1.57. The van der Waals surface area contributed by atoms with E-state index in [-0.39, 0.29) is 0 Å². The van der Waals surface area contributed by atoms with Crippen LogP contribution >= 0.6 is 0 Å². The molecule has 0 heteroatoms. The van der Waals surface area contributed by atoms with E-state index in [1.54, 1.807) is 0 Å². The van der Waals surface area contributed by atoms with Crippen molar-refractivity contribution in [1.82, 2.24) is 0 Å². The van der Waals surface area contributed by atoms with Crippen LogP contribution < -0.4 is 0 Å². The van der Waals surface area contributed by atoms with E-state index in [2.05, 4.69) is 185 Å². The molecule has 0 fully saturated rings. The summed E-state index contributed by atoms with van der Waals surface area (Å²) in [5.41, 5.74) is 0. The van der Waals surface area contributed by atoms with E-state index in [0.29, 0.717) is 0 Å². The fraction of sp³-hybridized carbons (Fsp3) is 0. The molecule has 136 valence electrons. The highest BCUT2D eigenvalue weighted by molar-refractivity contribution is 5.48. The Morgan fingerprint density at radius 1 is 0.242 bits per heavy atom.